The Hall–Kier alpha value is -2.61. The average Bonchev–Trinajstić information content (AvgIpc) is 3.14. The molecule has 3 atom stereocenters. The number of nitrogens with one attached hydrogen (secondary N) is 1. The fourth-order valence-corrected chi connectivity index (χ4v) is 4.29. The van der Waals surface area contributed by atoms with Gasteiger partial charge in [0.1, 0.15) is 17.9 Å². The van der Waals surface area contributed by atoms with Crippen LogP contribution in [0.15, 0.2) is 17.1 Å². The number of rotatable bonds is 4. The number of carboxylic acids is 1. The van der Waals surface area contributed by atoms with Crippen molar-refractivity contribution in [3.63, 3.8) is 0 Å². The van der Waals surface area contributed by atoms with Gasteiger partial charge in [-0.3, -0.25) is 4.79 Å². The summed E-state index contributed by atoms with van der Waals surface area (Å²) < 4.78 is 22.8. The summed E-state index contributed by atoms with van der Waals surface area (Å²) in [6, 6.07) is 1.31. The second kappa shape index (κ2) is 6.77. The molecule has 2 aliphatic rings. The molecule has 0 spiro atoms. The quantitative estimate of drug-likeness (QED) is 0.834. The van der Waals surface area contributed by atoms with Crippen molar-refractivity contribution in [2.24, 2.45) is 5.92 Å². The summed E-state index contributed by atoms with van der Waals surface area (Å²) in [5.74, 6) is -1.16. The number of hydrogen-bond donors (Lipinski definition) is 2. The number of carbonyl (C=O) groups is 1. The number of nitrogens with zero attached hydrogens (tertiary/aromatic N) is 2. The second-order valence-electron chi connectivity index (χ2n) is 7.75. The first-order chi connectivity index (χ1) is 13.3. The lowest BCUT2D eigenvalue weighted by molar-refractivity contribution is 0.0694. The van der Waals surface area contributed by atoms with Crippen LogP contribution in [0.25, 0.3) is 10.9 Å². The van der Waals surface area contributed by atoms with Crippen LogP contribution in [-0.4, -0.2) is 48.4 Å². The third-order valence-electron chi connectivity index (χ3n) is 6.08. The monoisotopic (exact) mass is 389 g/mol. The molecule has 28 heavy (non-hydrogen) atoms. The highest BCUT2D eigenvalue weighted by Gasteiger charge is 2.34. The molecule has 0 bridgehead atoms. The number of benzene rings is 1. The largest absolute Gasteiger partial charge is 0.487 e. The molecule has 0 radical (unpaired) electrons. The van der Waals surface area contributed by atoms with Gasteiger partial charge in [0.05, 0.1) is 16.9 Å². The summed E-state index contributed by atoms with van der Waals surface area (Å²) in [6.07, 6.45) is 2.28. The van der Waals surface area contributed by atoms with Gasteiger partial charge >= 0.3 is 5.97 Å². The molecule has 2 N–H and O–H groups in total. The highest BCUT2D eigenvalue weighted by molar-refractivity contribution is 5.97. The van der Waals surface area contributed by atoms with Crippen LogP contribution in [0.1, 0.15) is 36.7 Å². The van der Waals surface area contributed by atoms with Gasteiger partial charge in [-0.05, 0) is 39.3 Å². The van der Waals surface area contributed by atoms with E-state index in [0.29, 0.717) is 42.0 Å². The van der Waals surface area contributed by atoms with Gasteiger partial charge in [-0.25, -0.2) is 9.18 Å². The van der Waals surface area contributed by atoms with Crippen molar-refractivity contribution in [3.05, 3.63) is 33.9 Å². The molecule has 1 saturated heterocycles. The smallest absolute Gasteiger partial charge is 0.341 e. The second-order valence-corrected chi connectivity index (χ2v) is 7.75. The van der Waals surface area contributed by atoms with E-state index >= 15 is 4.39 Å². The fraction of sp³-hybridized carbons (Fsp3) is 0.500. The molecule has 2 aromatic rings. The molecule has 4 rings (SSSR count). The summed E-state index contributed by atoms with van der Waals surface area (Å²) in [4.78, 5) is 26.1. The highest BCUT2D eigenvalue weighted by atomic mass is 19.1. The first-order valence-electron chi connectivity index (χ1n) is 9.53. The van der Waals surface area contributed by atoms with Gasteiger partial charge in [0.15, 0.2) is 11.6 Å². The first-order valence-corrected chi connectivity index (χ1v) is 9.53. The molecule has 1 fully saturated rings. The minimum atomic E-state index is -1.32. The maximum atomic E-state index is 15.2. The number of hydrogen-bond acceptors (Lipinski definition) is 5. The summed E-state index contributed by atoms with van der Waals surface area (Å²) in [7, 11) is 1.91. The van der Waals surface area contributed by atoms with Gasteiger partial charge < -0.3 is 24.6 Å². The lowest BCUT2D eigenvalue weighted by Crippen LogP contribution is -2.33. The van der Waals surface area contributed by atoms with Crippen LogP contribution in [0, 0.1) is 11.7 Å². The average molecular weight is 389 g/mol. The molecule has 1 aromatic carbocycles. The normalized spacial score (nSPS) is 22.4. The van der Waals surface area contributed by atoms with E-state index in [1.165, 1.54) is 6.20 Å². The van der Waals surface area contributed by atoms with E-state index in [2.05, 4.69) is 12.2 Å². The Kier molecular flexibility index (Phi) is 4.53. The molecule has 0 amide bonds. The highest BCUT2D eigenvalue weighted by Crippen LogP contribution is 2.43. The zero-order valence-electron chi connectivity index (χ0n) is 16.2. The van der Waals surface area contributed by atoms with Crippen molar-refractivity contribution in [3.8, 4) is 5.75 Å². The number of aromatic carboxylic acids is 1. The molecular formula is C20H24FN3O4. The minimum Gasteiger partial charge on any atom is -0.487 e. The van der Waals surface area contributed by atoms with Crippen LogP contribution in [0.5, 0.6) is 5.75 Å². The number of halogens is 1. The van der Waals surface area contributed by atoms with Crippen molar-refractivity contribution in [2.45, 2.75) is 32.4 Å². The number of aromatic nitrogens is 1. The van der Waals surface area contributed by atoms with Gasteiger partial charge in [0, 0.05) is 25.3 Å². The van der Waals surface area contributed by atoms with Crippen molar-refractivity contribution in [1.29, 1.82) is 0 Å². The van der Waals surface area contributed by atoms with E-state index in [1.54, 1.807) is 4.57 Å². The van der Waals surface area contributed by atoms with Crippen molar-refractivity contribution >= 4 is 22.6 Å². The maximum Gasteiger partial charge on any atom is 0.341 e. The van der Waals surface area contributed by atoms with Crippen LogP contribution < -0.4 is 20.4 Å². The van der Waals surface area contributed by atoms with Gasteiger partial charge in [-0.2, -0.15) is 0 Å². The Labute approximate surface area is 161 Å². The molecular weight excluding hydrogens is 365 g/mol. The topological polar surface area (TPSA) is 83.8 Å². The predicted octanol–water partition coefficient (Wildman–Crippen LogP) is 2.23. The maximum absolute atomic E-state index is 15.2. The van der Waals surface area contributed by atoms with E-state index in [4.69, 9.17) is 4.74 Å². The van der Waals surface area contributed by atoms with Gasteiger partial charge in [0.2, 0.25) is 5.43 Å². The van der Waals surface area contributed by atoms with Crippen molar-refractivity contribution in [2.75, 3.05) is 31.6 Å². The zero-order valence-corrected chi connectivity index (χ0v) is 16.2. The van der Waals surface area contributed by atoms with E-state index < -0.39 is 17.2 Å². The molecule has 8 heteroatoms. The van der Waals surface area contributed by atoms with Crippen LogP contribution in [-0.2, 0) is 0 Å². The summed E-state index contributed by atoms with van der Waals surface area (Å²) in [5, 5.41) is 12.7. The van der Waals surface area contributed by atoms with Crippen LogP contribution >= 0.6 is 0 Å². The molecule has 1 aromatic heterocycles. The third-order valence-corrected chi connectivity index (χ3v) is 6.08. The van der Waals surface area contributed by atoms with Crippen molar-refractivity contribution < 1.29 is 19.0 Å². The molecule has 7 nitrogen and oxygen atoms in total. The number of anilines is 1. The Morgan fingerprint density at radius 3 is 2.89 bits per heavy atom. The van der Waals surface area contributed by atoms with Gasteiger partial charge in [-0.1, -0.05) is 0 Å². The lowest BCUT2D eigenvalue weighted by Gasteiger charge is -2.31. The standard InChI is InChI=1S/C20H24FN3O4/c1-10-9-28-19-16-13(18(25)14(20(26)27)8-24(10)16)6-15(21)17(19)23-5-4-12(7-23)11(2)22-3/h6,8,10-12,22H,4-5,7,9H2,1-3H3,(H,26,27). The Morgan fingerprint density at radius 1 is 1.46 bits per heavy atom. The van der Waals surface area contributed by atoms with Crippen LogP contribution in [0.4, 0.5) is 10.1 Å². The summed E-state index contributed by atoms with van der Waals surface area (Å²) in [5.41, 5.74) is -0.216. The fourth-order valence-electron chi connectivity index (χ4n) is 4.29. The summed E-state index contributed by atoms with van der Waals surface area (Å²) in [6.45, 7) is 5.65. The van der Waals surface area contributed by atoms with Crippen molar-refractivity contribution in [1.82, 2.24) is 9.88 Å². The molecule has 0 saturated carbocycles. The zero-order chi connectivity index (χ0) is 20.2. The third kappa shape index (κ3) is 2.74. The predicted molar refractivity (Wildman–Crippen MR) is 104 cm³/mol. The lowest BCUT2D eigenvalue weighted by atomic mass is 10.0. The number of ether oxygens (including phenoxy) is 1. The van der Waals surface area contributed by atoms with E-state index in [1.807, 2.05) is 18.9 Å². The molecule has 3 heterocycles. The summed E-state index contributed by atoms with van der Waals surface area (Å²) >= 11 is 0. The SMILES string of the molecule is CNC(C)C1CCN(c2c(F)cc3c(=O)c(C(=O)O)cn4c3c2OCC4C)C1. The molecule has 2 aliphatic heterocycles. The Morgan fingerprint density at radius 2 is 2.21 bits per heavy atom. The van der Waals surface area contributed by atoms with Crippen LogP contribution in [0.2, 0.25) is 0 Å². The molecule has 0 aliphatic carbocycles. The molecule has 150 valence electrons. The molecule has 3 unspecified atom stereocenters. The van der Waals surface area contributed by atoms with Gasteiger partial charge in [0.25, 0.3) is 0 Å². The van der Waals surface area contributed by atoms with E-state index in [-0.39, 0.29) is 23.6 Å². The number of carboxylic acid groups (broad SMARTS) is 1. The Bertz CT molecular complexity index is 1020. The van der Waals surface area contributed by atoms with E-state index in [0.717, 1.165) is 12.5 Å². The van der Waals surface area contributed by atoms with Gasteiger partial charge in [-0.15, -0.1) is 0 Å². The minimum absolute atomic E-state index is 0.0436. The van der Waals surface area contributed by atoms with Crippen LogP contribution in [0.3, 0.4) is 0 Å². The number of pyridine rings is 1. The Balaban J connectivity index is 1.92. The van der Waals surface area contributed by atoms with E-state index in [9.17, 15) is 14.7 Å². The first kappa shape index (κ1) is 18.7.